The summed E-state index contributed by atoms with van der Waals surface area (Å²) in [6, 6.07) is 6.51. The Morgan fingerprint density at radius 3 is 3.09 bits per heavy atom. The number of likely N-dealkylation sites (tertiary alicyclic amines) is 1. The predicted molar refractivity (Wildman–Crippen MR) is 87.9 cm³/mol. The van der Waals surface area contributed by atoms with Crippen LogP contribution in [0.4, 0.5) is 10.1 Å². The first-order valence-corrected chi connectivity index (χ1v) is 8.46. The highest BCUT2D eigenvalue weighted by atomic mass is 35.5. The number of nitrogens with one attached hydrogen (secondary N) is 1. The van der Waals surface area contributed by atoms with Crippen molar-refractivity contribution in [1.29, 1.82) is 0 Å². The van der Waals surface area contributed by atoms with E-state index in [4.69, 9.17) is 11.6 Å². The van der Waals surface area contributed by atoms with Crippen LogP contribution in [0, 0.1) is 5.82 Å². The van der Waals surface area contributed by atoms with Crippen LogP contribution < -0.4 is 5.32 Å². The molecule has 1 amide bonds. The summed E-state index contributed by atoms with van der Waals surface area (Å²) >= 11 is 7.50. The van der Waals surface area contributed by atoms with Gasteiger partial charge in [0.2, 0.25) is 5.91 Å². The first-order valence-electron chi connectivity index (χ1n) is 7.14. The topological polar surface area (TPSA) is 32.3 Å². The van der Waals surface area contributed by atoms with Gasteiger partial charge in [0.05, 0.1) is 12.2 Å². The molecule has 22 heavy (non-hydrogen) atoms. The van der Waals surface area contributed by atoms with Crippen molar-refractivity contribution < 1.29 is 9.18 Å². The molecular weight excluding hydrogens is 323 g/mol. The van der Waals surface area contributed by atoms with E-state index in [9.17, 15) is 9.18 Å². The van der Waals surface area contributed by atoms with Crippen LogP contribution in [0.5, 0.6) is 0 Å². The van der Waals surface area contributed by atoms with Gasteiger partial charge >= 0.3 is 0 Å². The van der Waals surface area contributed by atoms with Crippen molar-refractivity contribution in [3.63, 3.8) is 0 Å². The molecular formula is C16H16ClFN2OS. The third-order valence-electron chi connectivity index (χ3n) is 3.84. The number of carbonyl (C=O) groups excluding carboxylic acids is 1. The van der Waals surface area contributed by atoms with Gasteiger partial charge in [0.25, 0.3) is 0 Å². The molecule has 1 fully saturated rings. The van der Waals surface area contributed by atoms with Crippen LogP contribution in [-0.4, -0.2) is 23.9 Å². The van der Waals surface area contributed by atoms with Gasteiger partial charge in [0.15, 0.2) is 0 Å². The van der Waals surface area contributed by atoms with Crippen molar-refractivity contribution in [2.45, 2.75) is 18.9 Å². The average Bonchev–Trinajstić information content (AvgIpc) is 3.13. The van der Waals surface area contributed by atoms with E-state index in [0.717, 1.165) is 19.4 Å². The number of hydrogen-bond acceptors (Lipinski definition) is 3. The largest absolute Gasteiger partial charge is 0.322 e. The molecule has 6 heteroatoms. The summed E-state index contributed by atoms with van der Waals surface area (Å²) < 4.78 is 13.7. The molecule has 1 atom stereocenters. The number of benzene rings is 1. The lowest BCUT2D eigenvalue weighted by molar-refractivity contribution is -0.117. The lowest BCUT2D eigenvalue weighted by atomic mass is 10.1. The summed E-state index contributed by atoms with van der Waals surface area (Å²) in [4.78, 5) is 14.3. The van der Waals surface area contributed by atoms with Gasteiger partial charge in [-0.2, -0.15) is 11.3 Å². The molecule has 1 N–H and O–H groups in total. The summed E-state index contributed by atoms with van der Waals surface area (Å²) in [5.74, 6) is -0.697. The minimum absolute atomic E-state index is 0.129. The molecule has 116 valence electrons. The SMILES string of the molecule is O=C(CN1CCC[C@H]1c1ccsc1)Nc1cc(Cl)ccc1F. The Morgan fingerprint density at radius 2 is 2.32 bits per heavy atom. The van der Waals surface area contributed by atoms with Gasteiger partial charge in [-0.15, -0.1) is 0 Å². The van der Waals surface area contributed by atoms with E-state index in [0.29, 0.717) is 5.02 Å². The standard InChI is InChI=1S/C16H16ClFN2OS/c17-12-3-4-13(18)14(8-12)19-16(21)9-20-6-1-2-15(20)11-5-7-22-10-11/h3-5,7-8,10,15H,1-2,6,9H2,(H,19,21)/t15-/m0/s1. The van der Waals surface area contributed by atoms with E-state index in [1.165, 1.54) is 23.8 Å². The molecule has 3 nitrogen and oxygen atoms in total. The molecule has 0 aliphatic carbocycles. The van der Waals surface area contributed by atoms with E-state index in [-0.39, 0.29) is 24.2 Å². The Kier molecular flexibility index (Phi) is 4.76. The minimum Gasteiger partial charge on any atom is -0.322 e. The van der Waals surface area contributed by atoms with Crippen LogP contribution >= 0.6 is 22.9 Å². The minimum atomic E-state index is -0.478. The molecule has 2 aromatic rings. The van der Waals surface area contributed by atoms with Gasteiger partial charge in [0.1, 0.15) is 5.82 Å². The maximum absolute atomic E-state index is 13.7. The third kappa shape index (κ3) is 3.48. The van der Waals surface area contributed by atoms with E-state index < -0.39 is 5.82 Å². The van der Waals surface area contributed by atoms with E-state index >= 15 is 0 Å². The maximum atomic E-state index is 13.7. The van der Waals surface area contributed by atoms with Crippen LogP contribution in [0.3, 0.4) is 0 Å². The average molecular weight is 339 g/mol. The number of rotatable bonds is 4. The Bertz CT molecular complexity index is 662. The fraction of sp³-hybridized carbons (Fsp3) is 0.312. The summed E-state index contributed by atoms with van der Waals surface area (Å²) in [7, 11) is 0. The van der Waals surface area contributed by atoms with Gasteiger partial charge in [-0.05, 0) is 60.0 Å². The second-order valence-electron chi connectivity index (χ2n) is 5.36. The lowest BCUT2D eigenvalue weighted by Crippen LogP contribution is -2.33. The Morgan fingerprint density at radius 1 is 1.45 bits per heavy atom. The van der Waals surface area contributed by atoms with E-state index in [2.05, 4.69) is 21.7 Å². The van der Waals surface area contributed by atoms with Gasteiger partial charge in [-0.3, -0.25) is 9.69 Å². The van der Waals surface area contributed by atoms with E-state index in [1.807, 2.05) is 5.38 Å². The van der Waals surface area contributed by atoms with Gasteiger partial charge < -0.3 is 5.32 Å². The monoisotopic (exact) mass is 338 g/mol. The second kappa shape index (κ2) is 6.77. The Hall–Kier alpha value is -1.43. The number of anilines is 1. The van der Waals surface area contributed by atoms with Crippen molar-refractivity contribution >= 4 is 34.5 Å². The number of carbonyl (C=O) groups is 1. The highest BCUT2D eigenvalue weighted by molar-refractivity contribution is 7.07. The molecule has 0 spiro atoms. The third-order valence-corrected chi connectivity index (χ3v) is 4.78. The summed E-state index contributed by atoms with van der Waals surface area (Å²) in [5, 5.41) is 7.17. The number of halogens is 2. The van der Waals surface area contributed by atoms with Crippen LogP contribution in [0.2, 0.25) is 5.02 Å². The number of amides is 1. The smallest absolute Gasteiger partial charge is 0.238 e. The molecule has 1 aliphatic heterocycles. The first kappa shape index (κ1) is 15.5. The van der Waals surface area contributed by atoms with Crippen molar-refractivity contribution in [3.8, 4) is 0 Å². The highest BCUT2D eigenvalue weighted by Crippen LogP contribution is 2.32. The van der Waals surface area contributed by atoms with Crippen molar-refractivity contribution in [3.05, 3.63) is 51.4 Å². The van der Waals surface area contributed by atoms with Crippen LogP contribution in [0.25, 0.3) is 0 Å². The van der Waals surface area contributed by atoms with Crippen LogP contribution in [0.1, 0.15) is 24.4 Å². The van der Waals surface area contributed by atoms with Gasteiger partial charge in [-0.1, -0.05) is 11.6 Å². The lowest BCUT2D eigenvalue weighted by Gasteiger charge is -2.23. The molecule has 1 saturated heterocycles. The molecule has 0 saturated carbocycles. The van der Waals surface area contributed by atoms with E-state index in [1.54, 1.807) is 11.3 Å². The Labute approximate surface area is 137 Å². The zero-order chi connectivity index (χ0) is 15.5. The summed E-state index contributed by atoms with van der Waals surface area (Å²) in [6.45, 7) is 1.14. The quantitative estimate of drug-likeness (QED) is 0.900. The molecule has 0 unspecified atom stereocenters. The number of nitrogens with zero attached hydrogens (tertiary/aromatic N) is 1. The fourth-order valence-electron chi connectivity index (χ4n) is 2.82. The zero-order valence-electron chi connectivity index (χ0n) is 11.9. The van der Waals surface area contributed by atoms with Crippen LogP contribution in [0.15, 0.2) is 35.0 Å². The van der Waals surface area contributed by atoms with Crippen molar-refractivity contribution in [2.24, 2.45) is 0 Å². The van der Waals surface area contributed by atoms with Crippen molar-refractivity contribution in [2.75, 3.05) is 18.4 Å². The molecule has 3 rings (SSSR count). The number of hydrogen-bond donors (Lipinski definition) is 1. The maximum Gasteiger partial charge on any atom is 0.238 e. The number of thiophene rings is 1. The molecule has 0 radical (unpaired) electrons. The van der Waals surface area contributed by atoms with Gasteiger partial charge in [0, 0.05) is 11.1 Å². The molecule has 2 heterocycles. The van der Waals surface area contributed by atoms with Crippen molar-refractivity contribution in [1.82, 2.24) is 4.90 Å². The molecule has 1 aromatic carbocycles. The predicted octanol–water partition coefficient (Wildman–Crippen LogP) is 4.32. The first-order chi connectivity index (χ1) is 10.6. The zero-order valence-corrected chi connectivity index (χ0v) is 13.5. The molecule has 1 aliphatic rings. The second-order valence-corrected chi connectivity index (χ2v) is 6.57. The summed E-state index contributed by atoms with van der Waals surface area (Å²) in [5.41, 5.74) is 1.38. The normalized spacial score (nSPS) is 18.5. The Balaban J connectivity index is 1.65. The molecule has 0 bridgehead atoms. The van der Waals surface area contributed by atoms with Gasteiger partial charge in [-0.25, -0.2) is 4.39 Å². The highest BCUT2D eigenvalue weighted by Gasteiger charge is 2.27. The van der Waals surface area contributed by atoms with Crippen LogP contribution in [-0.2, 0) is 4.79 Å². The fourth-order valence-corrected chi connectivity index (χ4v) is 3.70. The summed E-state index contributed by atoms with van der Waals surface area (Å²) in [6.07, 6.45) is 2.12. The molecule has 1 aromatic heterocycles.